The van der Waals surface area contributed by atoms with Crippen LogP contribution in [0, 0.1) is 0 Å². The summed E-state index contributed by atoms with van der Waals surface area (Å²) < 4.78 is 16.1. The van der Waals surface area contributed by atoms with Gasteiger partial charge < -0.3 is 24.6 Å². The maximum Gasteiger partial charge on any atom is 0.317 e. The van der Waals surface area contributed by atoms with Gasteiger partial charge in [-0.25, -0.2) is 0 Å². The summed E-state index contributed by atoms with van der Waals surface area (Å²) in [6.45, 7) is 3.52. The number of carboxylic acids is 1. The van der Waals surface area contributed by atoms with Gasteiger partial charge in [0.1, 0.15) is 5.75 Å². The number of carbonyl (C=O) groups is 1. The summed E-state index contributed by atoms with van der Waals surface area (Å²) in [5, 5.41) is 12.5. The van der Waals surface area contributed by atoms with Crippen molar-refractivity contribution in [2.75, 3.05) is 34.4 Å². The van der Waals surface area contributed by atoms with Crippen LogP contribution in [0.1, 0.15) is 25.3 Å². The van der Waals surface area contributed by atoms with E-state index in [2.05, 4.69) is 5.32 Å². The first-order chi connectivity index (χ1) is 12.0. The molecule has 1 aliphatic carbocycles. The lowest BCUT2D eigenvalue weighted by Crippen LogP contribution is -2.53. The van der Waals surface area contributed by atoms with Gasteiger partial charge in [-0.05, 0) is 25.5 Å². The van der Waals surface area contributed by atoms with Crippen molar-refractivity contribution in [1.29, 1.82) is 0 Å². The standard InChI is InChI=1S/C18H28N2O5/c1-5-20(11-18(21)22)14-7-13(8-14)19-10-12-6-16(24-3)17(25-4)9-15(12)23-2/h6,9,13-14,19H,5,7-8,10-11H2,1-4H3,(H,21,22). The summed E-state index contributed by atoms with van der Waals surface area (Å²) in [5.74, 6) is 1.29. The summed E-state index contributed by atoms with van der Waals surface area (Å²) in [6, 6.07) is 4.46. The highest BCUT2D eigenvalue weighted by Gasteiger charge is 2.33. The van der Waals surface area contributed by atoms with Gasteiger partial charge in [0, 0.05) is 30.3 Å². The highest BCUT2D eigenvalue weighted by Crippen LogP contribution is 2.35. The average Bonchev–Trinajstić information content (AvgIpc) is 2.58. The fraction of sp³-hybridized carbons (Fsp3) is 0.611. The summed E-state index contributed by atoms with van der Waals surface area (Å²) >= 11 is 0. The molecule has 1 aromatic rings. The normalized spacial score (nSPS) is 19.4. The van der Waals surface area contributed by atoms with E-state index in [9.17, 15) is 4.79 Å². The Kier molecular flexibility index (Phi) is 6.90. The molecule has 0 atom stereocenters. The summed E-state index contributed by atoms with van der Waals surface area (Å²) in [7, 11) is 4.84. The minimum Gasteiger partial charge on any atom is -0.496 e. The molecule has 0 unspecified atom stereocenters. The van der Waals surface area contributed by atoms with Gasteiger partial charge in [0.2, 0.25) is 0 Å². The largest absolute Gasteiger partial charge is 0.496 e. The molecule has 0 saturated heterocycles. The van der Waals surface area contributed by atoms with E-state index in [1.165, 1.54) is 0 Å². The lowest BCUT2D eigenvalue weighted by atomic mass is 9.85. The molecule has 1 aliphatic rings. The second-order valence-electron chi connectivity index (χ2n) is 6.18. The molecule has 25 heavy (non-hydrogen) atoms. The van der Waals surface area contributed by atoms with E-state index < -0.39 is 5.97 Å². The molecule has 7 heteroatoms. The molecule has 0 amide bonds. The molecule has 1 saturated carbocycles. The summed E-state index contributed by atoms with van der Waals surface area (Å²) in [5.41, 5.74) is 1.00. The first-order valence-electron chi connectivity index (χ1n) is 8.50. The van der Waals surface area contributed by atoms with E-state index in [1.54, 1.807) is 21.3 Å². The number of carboxylic acid groups (broad SMARTS) is 1. The second kappa shape index (κ2) is 8.92. The van der Waals surface area contributed by atoms with Crippen LogP contribution >= 0.6 is 0 Å². The van der Waals surface area contributed by atoms with Crippen LogP contribution in [0.3, 0.4) is 0 Å². The van der Waals surface area contributed by atoms with Gasteiger partial charge >= 0.3 is 5.97 Å². The monoisotopic (exact) mass is 352 g/mol. The van der Waals surface area contributed by atoms with Crippen molar-refractivity contribution >= 4 is 5.97 Å². The van der Waals surface area contributed by atoms with Gasteiger partial charge in [0.25, 0.3) is 0 Å². The van der Waals surface area contributed by atoms with Gasteiger partial charge in [-0.15, -0.1) is 0 Å². The molecule has 1 fully saturated rings. The number of methoxy groups -OCH3 is 3. The van der Waals surface area contributed by atoms with E-state index in [1.807, 2.05) is 24.0 Å². The van der Waals surface area contributed by atoms with E-state index >= 15 is 0 Å². The molecule has 0 heterocycles. The molecule has 2 N–H and O–H groups in total. The quantitative estimate of drug-likeness (QED) is 0.664. The molecule has 0 aliphatic heterocycles. The number of rotatable bonds is 10. The maximum absolute atomic E-state index is 10.9. The van der Waals surface area contributed by atoms with Crippen LogP contribution in [0.4, 0.5) is 0 Å². The van der Waals surface area contributed by atoms with Crippen LogP contribution in [0.2, 0.25) is 0 Å². The second-order valence-corrected chi connectivity index (χ2v) is 6.18. The Balaban J connectivity index is 1.91. The molecule has 0 bridgehead atoms. The Morgan fingerprint density at radius 1 is 1.16 bits per heavy atom. The third-order valence-corrected chi connectivity index (χ3v) is 4.74. The highest BCUT2D eigenvalue weighted by molar-refractivity contribution is 5.69. The third-order valence-electron chi connectivity index (χ3n) is 4.74. The van der Waals surface area contributed by atoms with Crippen molar-refractivity contribution in [3.63, 3.8) is 0 Å². The zero-order valence-corrected chi connectivity index (χ0v) is 15.4. The molecule has 0 radical (unpaired) electrons. The fourth-order valence-corrected chi connectivity index (χ4v) is 3.21. The molecule has 0 spiro atoms. The highest BCUT2D eigenvalue weighted by atomic mass is 16.5. The molecule has 0 aromatic heterocycles. The van der Waals surface area contributed by atoms with Gasteiger partial charge in [0.15, 0.2) is 11.5 Å². The van der Waals surface area contributed by atoms with Crippen molar-refractivity contribution in [3.05, 3.63) is 17.7 Å². The lowest BCUT2D eigenvalue weighted by molar-refractivity contribution is -0.139. The number of ether oxygens (including phenoxy) is 3. The maximum atomic E-state index is 10.9. The van der Waals surface area contributed by atoms with Crippen molar-refractivity contribution in [2.24, 2.45) is 0 Å². The van der Waals surface area contributed by atoms with Crippen LogP contribution in [0.15, 0.2) is 12.1 Å². The number of likely N-dealkylation sites (N-methyl/N-ethyl adjacent to an activating group) is 1. The molecule has 7 nitrogen and oxygen atoms in total. The fourth-order valence-electron chi connectivity index (χ4n) is 3.21. The van der Waals surface area contributed by atoms with Gasteiger partial charge in [-0.2, -0.15) is 0 Å². The number of nitrogens with one attached hydrogen (secondary N) is 1. The Labute approximate surface area is 148 Å². The lowest BCUT2D eigenvalue weighted by Gasteiger charge is -2.42. The SMILES string of the molecule is CCN(CC(=O)O)C1CC(NCc2cc(OC)c(OC)cc2OC)C1. The van der Waals surface area contributed by atoms with Gasteiger partial charge in [0.05, 0.1) is 27.9 Å². The van der Waals surface area contributed by atoms with Crippen LogP contribution in [0.25, 0.3) is 0 Å². The Hall–Kier alpha value is -1.99. The Bertz CT molecular complexity index is 587. The number of hydrogen-bond acceptors (Lipinski definition) is 6. The minimum atomic E-state index is -0.770. The first-order valence-corrected chi connectivity index (χ1v) is 8.50. The molecule has 1 aromatic carbocycles. The van der Waals surface area contributed by atoms with Gasteiger partial charge in [-0.1, -0.05) is 6.92 Å². The first kappa shape index (κ1) is 19.3. The molecule has 140 valence electrons. The van der Waals surface area contributed by atoms with Gasteiger partial charge in [-0.3, -0.25) is 9.69 Å². The van der Waals surface area contributed by atoms with Crippen LogP contribution in [-0.2, 0) is 11.3 Å². The van der Waals surface area contributed by atoms with E-state index in [0.29, 0.717) is 30.1 Å². The molecule has 2 rings (SSSR count). The zero-order chi connectivity index (χ0) is 18.4. The number of benzene rings is 1. The predicted molar refractivity (Wildman–Crippen MR) is 94.6 cm³/mol. The topological polar surface area (TPSA) is 80.3 Å². The number of aliphatic carboxylic acids is 1. The minimum absolute atomic E-state index is 0.109. The van der Waals surface area contributed by atoms with Crippen LogP contribution in [-0.4, -0.2) is 62.5 Å². The Morgan fingerprint density at radius 2 is 1.76 bits per heavy atom. The van der Waals surface area contributed by atoms with Crippen molar-refractivity contribution in [1.82, 2.24) is 10.2 Å². The van der Waals surface area contributed by atoms with Crippen molar-refractivity contribution in [2.45, 2.75) is 38.4 Å². The Morgan fingerprint density at radius 3 is 2.28 bits per heavy atom. The average molecular weight is 352 g/mol. The van der Waals surface area contributed by atoms with E-state index in [4.69, 9.17) is 19.3 Å². The van der Waals surface area contributed by atoms with Crippen LogP contribution in [0.5, 0.6) is 17.2 Å². The van der Waals surface area contributed by atoms with E-state index in [0.717, 1.165) is 30.7 Å². The van der Waals surface area contributed by atoms with E-state index in [-0.39, 0.29) is 6.54 Å². The third kappa shape index (κ3) is 4.76. The number of nitrogens with zero attached hydrogens (tertiary/aromatic N) is 1. The van der Waals surface area contributed by atoms with Crippen molar-refractivity contribution in [3.8, 4) is 17.2 Å². The molecular weight excluding hydrogens is 324 g/mol. The number of hydrogen-bond donors (Lipinski definition) is 2. The molecular formula is C18H28N2O5. The summed E-state index contributed by atoms with van der Waals surface area (Å²) in [4.78, 5) is 12.9. The van der Waals surface area contributed by atoms with Crippen LogP contribution < -0.4 is 19.5 Å². The summed E-state index contributed by atoms with van der Waals surface area (Å²) in [6.07, 6.45) is 1.91. The zero-order valence-electron chi connectivity index (χ0n) is 15.4. The predicted octanol–water partition coefficient (Wildman–Crippen LogP) is 1.74. The smallest absolute Gasteiger partial charge is 0.317 e. The van der Waals surface area contributed by atoms with Crippen molar-refractivity contribution < 1.29 is 24.1 Å².